The van der Waals surface area contributed by atoms with Gasteiger partial charge in [-0.2, -0.15) is 0 Å². The van der Waals surface area contributed by atoms with Crippen molar-refractivity contribution < 1.29 is 9.53 Å². The molecule has 1 N–H and O–H groups in total. The van der Waals surface area contributed by atoms with Gasteiger partial charge in [0.15, 0.2) is 0 Å². The number of hydrogen-bond donors (Lipinski definition) is 1. The molecule has 0 aliphatic carbocycles. The Hall–Kier alpha value is -1.39. The first-order chi connectivity index (χ1) is 11.3. The molecule has 2 aliphatic heterocycles. The molecule has 23 heavy (non-hydrogen) atoms. The second-order valence-electron chi connectivity index (χ2n) is 6.77. The van der Waals surface area contributed by atoms with Crippen molar-refractivity contribution in [3.05, 3.63) is 35.9 Å². The van der Waals surface area contributed by atoms with Gasteiger partial charge in [0.25, 0.3) is 0 Å². The van der Waals surface area contributed by atoms with Crippen LogP contribution in [0.25, 0.3) is 0 Å². The van der Waals surface area contributed by atoms with E-state index >= 15 is 0 Å². The highest BCUT2D eigenvalue weighted by molar-refractivity contribution is 5.79. The molecule has 4 heteroatoms. The summed E-state index contributed by atoms with van der Waals surface area (Å²) < 4.78 is 5.36. The lowest BCUT2D eigenvalue weighted by atomic mass is 9.95. The summed E-state index contributed by atoms with van der Waals surface area (Å²) in [6.45, 7) is 4.62. The van der Waals surface area contributed by atoms with Crippen LogP contribution in [0.15, 0.2) is 30.3 Å². The Kier molecular flexibility index (Phi) is 6.06. The third-order valence-electron chi connectivity index (χ3n) is 5.00. The molecule has 4 nitrogen and oxygen atoms in total. The number of carbonyl (C=O) groups is 1. The van der Waals surface area contributed by atoms with E-state index < -0.39 is 0 Å². The van der Waals surface area contributed by atoms with Crippen molar-refractivity contribution in [1.82, 2.24) is 10.2 Å². The standard InChI is InChI=1S/C19H28N2O2/c22-19(20-18-9-13-23-14-10-18)17-7-4-11-21(15-17)12-8-16-5-2-1-3-6-16/h1-3,5-6,17-18H,4,7-15H2,(H,20,22). The van der Waals surface area contributed by atoms with E-state index in [1.807, 2.05) is 0 Å². The molecule has 0 spiro atoms. The van der Waals surface area contributed by atoms with Gasteiger partial charge < -0.3 is 15.0 Å². The van der Waals surface area contributed by atoms with E-state index in [1.165, 1.54) is 5.56 Å². The first-order valence-corrected chi connectivity index (χ1v) is 8.95. The average molecular weight is 316 g/mol. The highest BCUT2D eigenvalue weighted by atomic mass is 16.5. The third-order valence-corrected chi connectivity index (χ3v) is 5.00. The molecule has 1 aromatic rings. The molecule has 0 aromatic heterocycles. The lowest BCUT2D eigenvalue weighted by molar-refractivity contribution is -0.128. The number of rotatable bonds is 5. The molecule has 0 saturated carbocycles. The largest absolute Gasteiger partial charge is 0.381 e. The summed E-state index contributed by atoms with van der Waals surface area (Å²) in [4.78, 5) is 15.0. The van der Waals surface area contributed by atoms with E-state index in [1.54, 1.807) is 0 Å². The normalized spacial score (nSPS) is 23.6. The third kappa shape index (κ3) is 5.05. The molecule has 1 atom stereocenters. The first-order valence-electron chi connectivity index (χ1n) is 8.95. The predicted octanol–water partition coefficient (Wildman–Crippen LogP) is 2.24. The number of hydrogen-bond acceptors (Lipinski definition) is 3. The van der Waals surface area contributed by atoms with E-state index in [0.29, 0.717) is 6.04 Å². The Morgan fingerprint density at radius 2 is 1.96 bits per heavy atom. The van der Waals surface area contributed by atoms with Gasteiger partial charge in [-0.3, -0.25) is 4.79 Å². The number of piperidine rings is 1. The van der Waals surface area contributed by atoms with Crippen LogP contribution in [-0.4, -0.2) is 49.7 Å². The molecule has 2 fully saturated rings. The van der Waals surface area contributed by atoms with Crippen molar-refractivity contribution in [1.29, 1.82) is 0 Å². The zero-order valence-electron chi connectivity index (χ0n) is 13.9. The number of ether oxygens (including phenoxy) is 1. The van der Waals surface area contributed by atoms with Crippen LogP contribution in [0.2, 0.25) is 0 Å². The minimum atomic E-state index is 0.155. The second-order valence-corrected chi connectivity index (χ2v) is 6.77. The van der Waals surface area contributed by atoms with Crippen LogP contribution < -0.4 is 5.32 Å². The summed E-state index contributed by atoms with van der Waals surface area (Å²) >= 11 is 0. The Bertz CT molecular complexity index is 485. The molecule has 126 valence electrons. The van der Waals surface area contributed by atoms with Crippen LogP contribution in [-0.2, 0) is 16.0 Å². The fourth-order valence-electron chi connectivity index (χ4n) is 3.57. The molecule has 2 saturated heterocycles. The maximum atomic E-state index is 12.5. The summed E-state index contributed by atoms with van der Waals surface area (Å²) in [7, 11) is 0. The fourth-order valence-corrected chi connectivity index (χ4v) is 3.57. The fraction of sp³-hybridized carbons (Fsp3) is 0.632. The molecule has 1 aromatic carbocycles. The van der Waals surface area contributed by atoms with Gasteiger partial charge in [-0.1, -0.05) is 30.3 Å². The van der Waals surface area contributed by atoms with E-state index in [0.717, 1.165) is 65.0 Å². The Balaban J connectivity index is 1.44. The molecule has 3 rings (SSSR count). The maximum absolute atomic E-state index is 12.5. The molecule has 0 radical (unpaired) electrons. The summed E-state index contributed by atoms with van der Waals surface area (Å²) in [5, 5.41) is 3.24. The zero-order chi connectivity index (χ0) is 15.9. The van der Waals surface area contributed by atoms with Crippen LogP contribution in [0.5, 0.6) is 0 Å². The summed E-state index contributed by atoms with van der Waals surface area (Å²) in [6.07, 6.45) is 5.12. The smallest absolute Gasteiger partial charge is 0.224 e. The van der Waals surface area contributed by atoms with Gasteiger partial charge in [0, 0.05) is 32.3 Å². The van der Waals surface area contributed by atoms with Crippen molar-refractivity contribution in [2.75, 3.05) is 32.8 Å². The van der Waals surface area contributed by atoms with Crippen LogP contribution in [0.4, 0.5) is 0 Å². The van der Waals surface area contributed by atoms with E-state index in [9.17, 15) is 4.79 Å². The van der Waals surface area contributed by atoms with Gasteiger partial charge in [0.05, 0.1) is 5.92 Å². The van der Waals surface area contributed by atoms with Gasteiger partial charge >= 0.3 is 0 Å². The van der Waals surface area contributed by atoms with Crippen LogP contribution >= 0.6 is 0 Å². The molecule has 0 bridgehead atoms. The van der Waals surface area contributed by atoms with Gasteiger partial charge in [-0.15, -0.1) is 0 Å². The number of nitrogens with zero attached hydrogens (tertiary/aromatic N) is 1. The van der Waals surface area contributed by atoms with E-state index in [4.69, 9.17) is 4.74 Å². The van der Waals surface area contributed by atoms with Crippen LogP contribution in [0.3, 0.4) is 0 Å². The number of likely N-dealkylation sites (tertiary alicyclic amines) is 1. The van der Waals surface area contributed by atoms with E-state index in [2.05, 4.69) is 40.5 Å². The van der Waals surface area contributed by atoms with Crippen molar-refractivity contribution in [3.8, 4) is 0 Å². The Labute approximate surface area is 139 Å². The topological polar surface area (TPSA) is 41.6 Å². The molecular weight excluding hydrogens is 288 g/mol. The van der Waals surface area contributed by atoms with Gasteiger partial charge in [-0.25, -0.2) is 0 Å². The molecule has 1 unspecified atom stereocenters. The average Bonchev–Trinajstić information content (AvgIpc) is 2.62. The number of benzene rings is 1. The summed E-state index contributed by atoms with van der Waals surface area (Å²) in [5.41, 5.74) is 1.38. The van der Waals surface area contributed by atoms with Crippen molar-refractivity contribution in [2.45, 2.75) is 38.1 Å². The predicted molar refractivity (Wildman–Crippen MR) is 91.3 cm³/mol. The summed E-state index contributed by atoms with van der Waals surface area (Å²) in [5.74, 6) is 0.406. The number of carbonyl (C=O) groups excluding carboxylic acids is 1. The molecule has 1 amide bonds. The maximum Gasteiger partial charge on any atom is 0.224 e. The molecule has 2 aliphatic rings. The van der Waals surface area contributed by atoms with Crippen LogP contribution in [0, 0.1) is 5.92 Å². The minimum absolute atomic E-state index is 0.155. The SMILES string of the molecule is O=C(NC1CCOCC1)C1CCCN(CCc2ccccc2)C1. The number of nitrogens with one attached hydrogen (secondary N) is 1. The lowest BCUT2D eigenvalue weighted by Gasteiger charge is -2.33. The first kappa shape index (κ1) is 16.5. The minimum Gasteiger partial charge on any atom is -0.381 e. The van der Waals surface area contributed by atoms with Gasteiger partial charge in [0.1, 0.15) is 0 Å². The molecular formula is C19H28N2O2. The zero-order valence-corrected chi connectivity index (χ0v) is 13.9. The number of amides is 1. The Morgan fingerprint density at radius 1 is 1.17 bits per heavy atom. The lowest BCUT2D eigenvalue weighted by Crippen LogP contribution is -2.47. The van der Waals surface area contributed by atoms with Gasteiger partial charge in [0.2, 0.25) is 5.91 Å². The van der Waals surface area contributed by atoms with Gasteiger partial charge in [-0.05, 0) is 44.2 Å². The summed E-state index contributed by atoms with van der Waals surface area (Å²) in [6, 6.07) is 10.9. The van der Waals surface area contributed by atoms with Crippen LogP contribution in [0.1, 0.15) is 31.2 Å². The highest BCUT2D eigenvalue weighted by Gasteiger charge is 2.27. The Morgan fingerprint density at radius 3 is 2.74 bits per heavy atom. The van der Waals surface area contributed by atoms with Crippen molar-refractivity contribution >= 4 is 5.91 Å². The quantitative estimate of drug-likeness (QED) is 0.906. The monoisotopic (exact) mass is 316 g/mol. The van der Waals surface area contributed by atoms with E-state index in [-0.39, 0.29) is 11.8 Å². The van der Waals surface area contributed by atoms with Crippen molar-refractivity contribution in [2.24, 2.45) is 5.92 Å². The molecule has 2 heterocycles. The second kappa shape index (κ2) is 8.46. The highest BCUT2D eigenvalue weighted by Crippen LogP contribution is 2.18. The van der Waals surface area contributed by atoms with Crippen molar-refractivity contribution in [3.63, 3.8) is 0 Å².